The molecular formula is C14H12Cl2N2NiO4. The number of hydrogen-bond acceptors (Lipinski definition) is 6. The zero-order valence-electron chi connectivity index (χ0n) is 11.4. The predicted molar refractivity (Wildman–Crippen MR) is 85.0 cm³/mol. The molecule has 0 amide bonds. The summed E-state index contributed by atoms with van der Waals surface area (Å²) >= 11 is 11.2. The van der Waals surface area contributed by atoms with E-state index in [2.05, 4.69) is 10.3 Å². The molecular weight excluding hydrogens is 390 g/mol. The third-order valence-corrected chi connectivity index (χ3v) is 2.84. The van der Waals surface area contributed by atoms with Crippen molar-refractivity contribution in [2.24, 2.45) is 10.3 Å². The summed E-state index contributed by atoms with van der Waals surface area (Å²) in [5, 5.41) is 41.0. The molecule has 0 heterocycles. The van der Waals surface area contributed by atoms with Gasteiger partial charge in [0, 0.05) is 37.7 Å². The molecule has 6 nitrogen and oxygen atoms in total. The van der Waals surface area contributed by atoms with E-state index in [-0.39, 0.29) is 28.0 Å². The Hall–Kier alpha value is -1.95. The molecule has 126 valence electrons. The van der Waals surface area contributed by atoms with E-state index >= 15 is 0 Å². The summed E-state index contributed by atoms with van der Waals surface area (Å²) in [6, 6.07) is 8.95. The van der Waals surface area contributed by atoms with E-state index in [0.717, 1.165) is 12.4 Å². The van der Waals surface area contributed by atoms with Crippen molar-refractivity contribution < 1.29 is 37.1 Å². The summed E-state index contributed by atoms with van der Waals surface area (Å²) in [4.78, 5) is 0. The molecule has 0 aromatic heterocycles. The number of rotatable bonds is 2. The Balaban J connectivity index is 0.000000403. The Bertz CT molecular complexity index is 637. The first-order valence-corrected chi connectivity index (χ1v) is 6.55. The zero-order valence-corrected chi connectivity index (χ0v) is 13.9. The SMILES string of the molecule is O/N=C/c1cc(Cl)ccc1O.O/N=C/c1cc(Cl)ccc1O.[Ni]. The van der Waals surface area contributed by atoms with Gasteiger partial charge in [-0.05, 0) is 36.4 Å². The van der Waals surface area contributed by atoms with Gasteiger partial charge in [-0.3, -0.25) is 0 Å². The first-order chi connectivity index (χ1) is 10.5. The zero-order chi connectivity index (χ0) is 16.5. The van der Waals surface area contributed by atoms with Crippen LogP contribution in [0.1, 0.15) is 11.1 Å². The number of halogens is 2. The van der Waals surface area contributed by atoms with E-state index in [9.17, 15) is 0 Å². The number of hydrogen-bond donors (Lipinski definition) is 4. The van der Waals surface area contributed by atoms with Crippen LogP contribution in [0.2, 0.25) is 10.0 Å². The van der Waals surface area contributed by atoms with Crippen molar-refractivity contribution in [2.45, 2.75) is 0 Å². The van der Waals surface area contributed by atoms with Crippen molar-refractivity contribution in [1.82, 2.24) is 0 Å². The summed E-state index contributed by atoms with van der Waals surface area (Å²) in [5.74, 6) is 0.0689. The van der Waals surface area contributed by atoms with E-state index in [1.165, 1.54) is 24.3 Å². The molecule has 0 spiro atoms. The van der Waals surface area contributed by atoms with Gasteiger partial charge < -0.3 is 20.6 Å². The second-order valence-corrected chi connectivity index (χ2v) is 4.77. The van der Waals surface area contributed by atoms with Crippen LogP contribution in [0.25, 0.3) is 0 Å². The van der Waals surface area contributed by atoms with Crippen LogP contribution in [0.15, 0.2) is 46.7 Å². The predicted octanol–water partition coefficient (Wildman–Crippen LogP) is 3.70. The molecule has 2 aromatic rings. The topological polar surface area (TPSA) is 106 Å². The van der Waals surface area contributed by atoms with Crippen molar-refractivity contribution >= 4 is 35.6 Å². The van der Waals surface area contributed by atoms with Crippen molar-refractivity contribution in [1.29, 1.82) is 0 Å². The van der Waals surface area contributed by atoms with Crippen LogP contribution in [0.5, 0.6) is 11.5 Å². The minimum absolute atomic E-state index is 0. The van der Waals surface area contributed by atoms with Crippen LogP contribution in [0.3, 0.4) is 0 Å². The summed E-state index contributed by atoms with van der Waals surface area (Å²) in [6.45, 7) is 0. The third-order valence-electron chi connectivity index (χ3n) is 2.37. The second-order valence-electron chi connectivity index (χ2n) is 3.90. The monoisotopic (exact) mass is 400 g/mol. The number of benzene rings is 2. The van der Waals surface area contributed by atoms with E-state index in [1.807, 2.05) is 0 Å². The Labute approximate surface area is 152 Å². The number of aromatic hydroxyl groups is 2. The third kappa shape index (κ3) is 7.24. The van der Waals surface area contributed by atoms with Crippen LogP contribution >= 0.6 is 23.2 Å². The fraction of sp³-hybridized carbons (Fsp3) is 0. The Kier molecular flexibility index (Phi) is 9.82. The Morgan fingerprint density at radius 1 is 0.739 bits per heavy atom. The summed E-state index contributed by atoms with van der Waals surface area (Å²) in [7, 11) is 0. The van der Waals surface area contributed by atoms with Gasteiger partial charge in [0.25, 0.3) is 0 Å². The summed E-state index contributed by atoms with van der Waals surface area (Å²) in [6.07, 6.45) is 2.22. The van der Waals surface area contributed by atoms with Gasteiger partial charge in [0.15, 0.2) is 0 Å². The molecule has 2 rings (SSSR count). The minimum atomic E-state index is 0. The molecule has 0 aliphatic heterocycles. The smallest absolute Gasteiger partial charge is 0.124 e. The molecule has 0 unspecified atom stereocenters. The van der Waals surface area contributed by atoms with Gasteiger partial charge in [-0.2, -0.15) is 0 Å². The molecule has 0 aliphatic rings. The number of oxime groups is 2. The van der Waals surface area contributed by atoms with Gasteiger partial charge in [0.2, 0.25) is 0 Å². The Morgan fingerprint density at radius 2 is 1.09 bits per heavy atom. The van der Waals surface area contributed by atoms with E-state index in [4.69, 9.17) is 43.8 Å². The fourth-order valence-corrected chi connectivity index (χ4v) is 1.74. The van der Waals surface area contributed by atoms with Gasteiger partial charge in [0.1, 0.15) is 11.5 Å². The average Bonchev–Trinajstić information content (AvgIpc) is 2.48. The van der Waals surface area contributed by atoms with E-state index in [1.54, 1.807) is 12.1 Å². The normalized spacial score (nSPS) is 10.2. The summed E-state index contributed by atoms with van der Waals surface area (Å²) in [5.41, 5.74) is 0.778. The van der Waals surface area contributed by atoms with Crippen LogP contribution < -0.4 is 0 Å². The molecule has 0 radical (unpaired) electrons. The quantitative estimate of drug-likeness (QED) is 0.266. The van der Waals surface area contributed by atoms with Crippen molar-refractivity contribution in [3.8, 4) is 11.5 Å². The van der Waals surface area contributed by atoms with Crippen LogP contribution in [0.4, 0.5) is 0 Å². The van der Waals surface area contributed by atoms with Crippen molar-refractivity contribution in [3.63, 3.8) is 0 Å². The van der Waals surface area contributed by atoms with Gasteiger partial charge in [0.05, 0.1) is 12.4 Å². The minimum Gasteiger partial charge on any atom is -0.507 e. The molecule has 0 aliphatic carbocycles. The largest absolute Gasteiger partial charge is 0.507 e. The van der Waals surface area contributed by atoms with Gasteiger partial charge in [-0.15, -0.1) is 0 Å². The summed E-state index contributed by atoms with van der Waals surface area (Å²) < 4.78 is 0. The number of nitrogens with zero attached hydrogens (tertiary/aromatic N) is 2. The number of phenolic OH excluding ortho intramolecular Hbond substituents is 2. The fourth-order valence-electron chi connectivity index (χ4n) is 1.38. The molecule has 23 heavy (non-hydrogen) atoms. The molecule has 4 N–H and O–H groups in total. The van der Waals surface area contributed by atoms with E-state index < -0.39 is 0 Å². The molecule has 0 saturated heterocycles. The number of phenols is 2. The molecule has 0 bridgehead atoms. The molecule has 9 heteroatoms. The first-order valence-electron chi connectivity index (χ1n) is 5.79. The maximum absolute atomic E-state index is 9.11. The van der Waals surface area contributed by atoms with Crippen LogP contribution in [0, 0.1) is 0 Å². The van der Waals surface area contributed by atoms with Crippen molar-refractivity contribution in [2.75, 3.05) is 0 Å². The second kappa shape index (κ2) is 10.7. The molecule has 0 saturated carbocycles. The van der Waals surface area contributed by atoms with Gasteiger partial charge >= 0.3 is 0 Å². The standard InChI is InChI=1S/2C7H6ClNO2.Ni/c2*8-6-1-2-7(10)5(3-6)4-9-11;/h2*1-4,10-11H;/b2*9-4+;. The average molecular weight is 402 g/mol. The molecule has 0 fully saturated rings. The Morgan fingerprint density at radius 3 is 1.39 bits per heavy atom. The molecule has 2 aromatic carbocycles. The van der Waals surface area contributed by atoms with E-state index in [0.29, 0.717) is 21.2 Å². The maximum atomic E-state index is 9.11. The van der Waals surface area contributed by atoms with Crippen LogP contribution in [-0.2, 0) is 16.5 Å². The first kappa shape index (κ1) is 21.1. The maximum Gasteiger partial charge on any atom is 0.124 e. The van der Waals surface area contributed by atoms with Crippen LogP contribution in [-0.4, -0.2) is 33.1 Å². The van der Waals surface area contributed by atoms with Crippen molar-refractivity contribution in [3.05, 3.63) is 57.6 Å². The van der Waals surface area contributed by atoms with Gasteiger partial charge in [-0.25, -0.2) is 0 Å². The molecule has 0 atom stereocenters. The van der Waals surface area contributed by atoms with Gasteiger partial charge in [-0.1, -0.05) is 33.5 Å².